The molecule has 0 bridgehead atoms. The number of hydrogen-bond acceptors (Lipinski definition) is 12. The molecular formula is C25H40N4O11. The van der Waals surface area contributed by atoms with Crippen LogP contribution >= 0.6 is 0 Å². The van der Waals surface area contributed by atoms with E-state index in [1.807, 2.05) is 0 Å². The third-order valence-electron chi connectivity index (χ3n) is 6.84. The van der Waals surface area contributed by atoms with Gasteiger partial charge in [0.05, 0.1) is 19.8 Å². The van der Waals surface area contributed by atoms with Gasteiger partial charge in [-0.05, 0) is 60.9 Å². The van der Waals surface area contributed by atoms with Crippen LogP contribution < -0.4 is 5.32 Å². The van der Waals surface area contributed by atoms with Gasteiger partial charge in [0.25, 0.3) is 5.91 Å². The number of rotatable bonds is 8. The van der Waals surface area contributed by atoms with E-state index in [2.05, 4.69) is 15.3 Å². The van der Waals surface area contributed by atoms with Gasteiger partial charge in [-0.1, -0.05) is 5.11 Å². The first kappa shape index (κ1) is 30.9. The van der Waals surface area contributed by atoms with Crippen molar-refractivity contribution in [2.45, 2.75) is 127 Å². The highest BCUT2D eigenvalue weighted by atomic mass is 16.8. The number of hydrogen-bond donors (Lipinski definition) is 1. The second kappa shape index (κ2) is 11.0. The van der Waals surface area contributed by atoms with Crippen molar-refractivity contribution in [2.75, 3.05) is 20.2 Å². The lowest BCUT2D eigenvalue weighted by Gasteiger charge is -2.27. The summed E-state index contributed by atoms with van der Waals surface area (Å²) < 4.78 is 53.0. The molecule has 4 rings (SSSR count). The highest BCUT2D eigenvalue weighted by molar-refractivity contribution is 5.82. The van der Waals surface area contributed by atoms with Crippen LogP contribution in [0.4, 0.5) is 0 Å². The summed E-state index contributed by atoms with van der Waals surface area (Å²) in [7, 11) is 1.26. The number of carbonyl (C=O) groups is 2. The zero-order valence-electron chi connectivity index (χ0n) is 24.4. The fourth-order valence-electron chi connectivity index (χ4n) is 5.56. The number of esters is 1. The SMILES string of the molecule is COC(=O)[C@@H]1OC(C)(C)O[C@H]1[C@H]1OC(C)(C)O[C@@H]1CNC(=O)[C@@H]1OC(C)(C)O[C@H]1[C@H]1OC(C)(C)O[C@@H]1CN=[N+]=[N-]. The molecule has 4 heterocycles. The van der Waals surface area contributed by atoms with Crippen molar-refractivity contribution in [2.24, 2.45) is 5.11 Å². The van der Waals surface area contributed by atoms with Crippen LogP contribution in [0, 0.1) is 0 Å². The average molecular weight is 573 g/mol. The van der Waals surface area contributed by atoms with E-state index < -0.39 is 83.9 Å². The third-order valence-corrected chi connectivity index (χ3v) is 6.84. The van der Waals surface area contributed by atoms with Gasteiger partial charge in [0.2, 0.25) is 0 Å². The van der Waals surface area contributed by atoms with Crippen molar-refractivity contribution in [1.29, 1.82) is 0 Å². The zero-order valence-corrected chi connectivity index (χ0v) is 24.4. The van der Waals surface area contributed by atoms with Gasteiger partial charge in [0.15, 0.2) is 35.4 Å². The van der Waals surface area contributed by atoms with Gasteiger partial charge in [-0.15, -0.1) is 0 Å². The lowest BCUT2D eigenvalue weighted by atomic mass is 10.0. The summed E-state index contributed by atoms with van der Waals surface area (Å²) in [6, 6.07) is 0. The van der Waals surface area contributed by atoms with Gasteiger partial charge in [0, 0.05) is 11.5 Å². The molecule has 40 heavy (non-hydrogen) atoms. The molecule has 8 atom stereocenters. The lowest BCUT2D eigenvalue weighted by molar-refractivity contribution is -0.176. The van der Waals surface area contributed by atoms with E-state index in [1.165, 1.54) is 7.11 Å². The Hall–Kier alpha value is -2.07. The maximum absolute atomic E-state index is 13.5. The Balaban J connectivity index is 1.49. The molecule has 226 valence electrons. The Morgan fingerprint density at radius 3 is 1.73 bits per heavy atom. The van der Waals surface area contributed by atoms with Crippen molar-refractivity contribution in [1.82, 2.24) is 5.32 Å². The fraction of sp³-hybridized carbons (Fsp3) is 0.920. The predicted octanol–water partition coefficient (Wildman–Crippen LogP) is 1.67. The maximum atomic E-state index is 13.5. The minimum atomic E-state index is -1.10. The molecule has 1 N–H and O–H groups in total. The first-order valence-electron chi connectivity index (χ1n) is 13.3. The summed E-state index contributed by atoms with van der Waals surface area (Å²) in [5.74, 6) is -5.26. The van der Waals surface area contributed by atoms with Gasteiger partial charge in [-0.2, -0.15) is 0 Å². The number of azide groups is 1. The molecule has 0 radical (unpaired) electrons. The van der Waals surface area contributed by atoms with Crippen LogP contribution in [0.2, 0.25) is 0 Å². The molecule has 4 fully saturated rings. The van der Waals surface area contributed by atoms with Crippen LogP contribution in [0.1, 0.15) is 55.4 Å². The molecule has 0 aromatic carbocycles. The van der Waals surface area contributed by atoms with Crippen LogP contribution in [0.3, 0.4) is 0 Å². The van der Waals surface area contributed by atoms with Gasteiger partial charge in [-0.3, -0.25) is 4.79 Å². The van der Waals surface area contributed by atoms with Crippen LogP contribution in [-0.4, -0.2) is 104 Å². The number of nitrogens with zero attached hydrogens (tertiary/aromatic N) is 3. The second-order valence-electron chi connectivity index (χ2n) is 12.0. The molecule has 15 nitrogen and oxygen atoms in total. The number of carbonyl (C=O) groups excluding carboxylic acids is 2. The molecule has 0 spiro atoms. The van der Waals surface area contributed by atoms with Crippen LogP contribution in [0.5, 0.6) is 0 Å². The van der Waals surface area contributed by atoms with E-state index in [0.29, 0.717) is 0 Å². The van der Waals surface area contributed by atoms with E-state index in [9.17, 15) is 9.59 Å². The molecular weight excluding hydrogens is 532 g/mol. The Morgan fingerprint density at radius 2 is 1.18 bits per heavy atom. The summed E-state index contributed by atoms with van der Waals surface area (Å²) in [6.07, 6.45) is -6.71. The Bertz CT molecular complexity index is 1030. The summed E-state index contributed by atoms with van der Waals surface area (Å²) >= 11 is 0. The second-order valence-corrected chi connectivity index (χ2v) is 12.0. The van der Waals surface area contributed by atoms with Crippen molar-refractivity contribution < 1.29 is 52.2 Å². The first-order valence-corrected chi connectivity index (χ1v) is 13.3. The Morgan fingerprint density at radius 1 is 0.725 bits per heavy atom. The van der Waals surface area contributed by atoms with Gasteiger partial charge in [-0.25, -0.2) is 4.79 Å². The third kappa shape index (κ3) is 6.69. The molecule has 0 aliphatic carbocycles. The maximum Gasteiger partial charge on any atom is 0.337 e. The molecule has 1 amide bonds. The molecule has 15 heteroatoms. The normalized spacial score (nSPS) is 39.0. The molecule has 0 saturated carbocycles. The zero-order chi connectivity index (χ0) is 29.7. The quantitative estimate of drug-likeness (QED) is 0.194. The van der Waals surface area contributed by atoms with Crippen LogP contribution in [0.15, 0.2) is 5.11 Å². The molecule has 4 aliphatic rings. The predicted molar refractivity (Wildman–Crippen MR) is 134 cm³/mol. The largest absolute Gasteiger partial charge is 0.467 e. The van der Waals surface area contributed by atoms with Crippen molar-refractivity contribution in [3.63, 3.8) is 0 Å². The van der Waals surface area contributed by atoms with Crippen molar-refractivity contribution >= 4 is 11.9 Å². The van der Waals surface area contributed by atoms with E-state index >= 15 is 0 Å². The topological polar surface area (TPSA) is 178 Å². The summed E-state index contributed by atoms with van der Waals surface area (Å²) in [4.78, 5) is 28.8. The Labute approximate surface area is 233 Å². The number of amides is 1. The standard InChI is InChI=1S/C25H40N4O11/c1-22(2)33-12(14(35-22)17-19(21(31)32-9)40-25(7,8)38-17)10-27-20(30)18-16(37-24(5,6)39-18)15-13(11-28-29-26)34-23(3,4)36-15/h12-19H,10-11H2,1-9H3,(H,27,30)/t12-,13-,14+,15+,16+,17+,18-,19-/m1/s1. The van der Waals surface area contributed by atoms with Crippen molar-refractivity contribution in [3.8, 4) is 0 Å². The summed E-state index contributed by atoms with van der Waals surface area (Å²) in [5.41, 5.74) is 8.81. The molecule has 0 aromatic rings. The minimum Gasteiger partial charge on any atom is -0.467 e. The highest BCUT2D eigenvalue weighted by Gasteiger charge is 2.58. The molecule has 0 unspecified atom stereocenters. The Kier molecular flexibility index (Phi) is 8.47. The van der Waals surface area contributed by atoms with Crippen LogP contribution in [0.25, 0.3) is 10.4 Å². The van der Waals surface area contributed by atoms with E-state index in [1.54, 1.807) is 55.4 Å². The van der Waals surface area contributed by atoms with Gasteiger partial charge in [0.1, 0.15) is 30.5 Å². The molecule has 4 aliphatic heterocycles. The average Bonchev–Trinajstić information content (AvgIpc) is 3.54. The van der Waals surface area contributed by atoms with Gasteiger partial charge >= 0.3 is 5.97 Å². The summed E-state index contributed by atoms with van der Waals surface area (Å²) in [6.45, 7) is 13.7. The van der Waals surface area contributed by atoms with Crippen LogP contribution in [-0.2, 0) is 52.2 Å². The molecule has 4 saturated heterocycles. The van der Waals surface area contributed by atoms with Crippen molar-refractivity contribution in [3.05, 3.63) is 10.4 Å². The smallest absolute Gasteiger partial charge is 0.337 e. The highest BCUT2D eigenvalue weighted by Crippen LogP contribution is 2.40. The van der Waals surface area contributed by atoms with E-state index in [4.69, 9.17) is 48.2 Å². The summed E-state index contributed by atoms with van der Waals surface area (Å²) in [5, 5.41) is 6.49. The minimum absolute atomic E-state index is 0.00376. The fourth-order valence-corrected chi connectivity index (χ4v) is 5.56. The van der Waals surface area contributed by atoms with E-state index in [-0.39, 0.29) is 13.1 Å². The molecule has 0 aromatic heterocycles. The number of nitrogens with one attached hydrogen (secondary N) is 1. The first-order chi connectivity index (χ1) is 18.5. The van der Waals surface area contributed by atoms with E-state index in [0.717, 1.165) is 0 Å². The monoisotopic (exact) mass is 572 g/mol. The lowest BCUT2D eigenvalue weighted by Crippen LogP contribution is -2.52. The van der Waals surface area contributed by atoms with Gasteiger partial charge < -0.3 is 47.9 Å². The number of methoxy groups -OCH3 is 1. The number of ether oxygens (including phenoxy) is 9.